The number of hydrogen-bond acceptors (Lipinski definition) is 4. The number of piperidine rings is 2. The number of nitrogens with one attached hydrogen (secondary N) is 2. The van der Waals surface area contributed by atoms with Gasteiger partial charge in [0.2, 0.25) is 5.91 Å². The molecule has 5 nitrogen and oxygen atoms in total. The third-order valence-electron chi connectivity index (χ3n) is 5.71. The highest BCUT2D eigenvalue weighted by atomic mass is 16.3. The van der Waals surface area contributed by atoms with Crippen LogP contribution in [0, 0.1) is 5.92 Å². The molecule has 3 rings (SSSR count). The predicted molar refractivity (Wildman–Crippen MR) is 104 cm³/mol. The summed E-state index contributed by atoms with van der Waals surface area (Å²) in [6.45, 7) is 5.68. The molecule has 26 heavy (non-hydrogen) atoms. The molecule has 2 fully saturated rings. The molecule has 144 valence electrons. The van der Waals surface area contributed by atoms with Crippen LogP contribution in [-0.4, -0.2) is 48.2 Å². The van der Waals surface area contributed by atoms with Gasteiger partial charge in [-0.15, -0.1) is 0 Å². The highest BCUT2D eigenvalue weighted by Crippen LogP contribution is 2.18. The lowest BCUT2D eigenvalue weighted by atomic mass is 9.93. The SMILES string of the molecule is O=C(CCC1CCNCC1)NCc1ccc(CN2CCC(O)CC2)cc1. The zero-order valence-corrected chi connectivity index (χ0v) is 15.8. The number of carbonyl (C=O) groups excluding carboxylic acids is 1. The van der Waals surface area contributed by atoms with Gasteiger partial charge in [-0.3, -0.25) is 9.69 Å². The molecule has 1 aromatic rings. The fourth-order valence-corrected chi connectivity index (χ4v) is 3.89. The maximum absolute atomic E-state index is 12.1. The van der Waals surface area contributed by atoms with E-state index in [1.165, 1.54) is 18.4 Å². The van der Waals surface area contributed by atoms with Crippen molar-refractivity contribution in [2.24, 2.45) is 5.92 Å². The first-order valence-corrected chi connectivity index (χ1v) is 10.1. The van der Waals surface area contributed by atoms with Crippen LogP contribution in [0.3, 0.4) is 0 Å². The van der Waals surface area contributed by atoms with Crippen molar-refractivity contribution in [3.05, 3.63) is 35.4 Å². The van der Waals surface area contributed by atoms with Gasteiger partial charge in [0.25, 0.3) is 0 Å². The minimum atomic E-state index is -0.119. The van der Waals surface area contributed by atoms with E-state index >= 15 is 0 Å². The molecule has 3 N–H and O–H groups in total. The van der Waals surface area contributed by atoms with Crippen molar-refractivity contribution in [2.75, 3.05) is 26.2 Å². The second-order valence-corrected chi connectivity index (χ2v) is 7.83. The summed E-state index contributed by atoms with van der Waals surface area (Å²) in [6, 6.07) is 8.53. The summed E-state index contributed by atoms with van der Waals surface area (Å²) in [5, 5.41) is 16.0. The van der Waals surface area contributed by atoms with Crippen LogP contribution < -0.4 is 10.6 Å². The van der Waals surface area contributed by atoms with Gasteiger partial charge in [-0.1, -0.05) is 24.3 Å². The van der Waals surface area contributed by atoms with Gasteiger partial charge < -0.3 is 15.7 Å². The van der Waals surface area contributed by atoms with Crippen LogP contribution in [0.4, 0.5) is 0 Å². The molecule has 0 aromatic heterocycles. The monoisotopic (exact) mass is 359 g/mol. The maximum Gasteiger partial charge on any atom is 0.220 e. The molecule has 2 heterocycles. The van der Waals surface area contributed by atoms with Gasteiger partial charge in [-0.25, -0.2) is 0 Å². The Morgan fingerprint density at radius 3 is 2.42 bits per heavy atom. The molecule has 0 spiro atoms. The third kappa shape index (κ3) is 6.38. The molecular weight excluding hydrogens is 326 g/mol. The Labute approximate surface area is 157 Å². The van der Waals surface area contributed by atoms with Crippen molar-refractivity contribution in [3.8, 4) is 0 Å². The minimum Gasteiger partial charge on any atom is -0.393 e. The van der Waals surface area contributed by atoms with E-state index in [-0.39, 0.29) is 12.0 Å². The van der Waals surface area contributed by atoms with Gasteiger partial charge in [0.1, 0.15) is 0 Å². The summed E-state index contributed by atoms with van der Waals surface area (Å²) in [7, 11) is 0. The molecule has 0 bridgehead atoms. The van der Waals surface area contributed by atoms with Crippen LogP contribution in [-0.2, 0) is 17.9 Å². The van der Waals surface area contributed by atoms with Crippen molar-refractivity contribution >= 4 is 5.91 Å². The summed E-state index contributed by atoms with van der Waals surface area (Å²) in [5.74, 6) is 0.872. The molecule has 2 aliphatic rings. The topological polar surface area (TPSA) is 64.6 Å². The maximum atomic E-state index is 12.1. The highest BCUT2D eigenvalue weighted by Gasteiger charge is 2.17. The molecule has 0 aliphatic carbocycles. The average Bonchev–Trinajstić information content (AvgIpc) is 2.68. The normalized spacial score (nSPS) is 20.2. The van der Waals surface area contributed by atoms with Crippen LogP contribution in [0.1, 0.15) is 49.7 Å². The number of hydrogen-bond donors (Lipinski definition) is 3. The number of benzene rings is 1. The lowest BCUT2D eigenvalue weighted by molar-refractivity contribution is -0.121. The number of aliphatic hydroxyl groups excluding tert-OH is 1. The molecule has 2 aliphatic heterocycles. The van der Waals surface area contributed by atoms with Crippen LogP contribution in [0.25, 0.3) is 0 Å². The minimum absolute atomic E-state index is 0.119. The molecule has 0 unspecified atom stereocenters. The summed E-state index contributed by atoms with van der Waals surface area (Å²) in [6.07, 6.45) is 5.69. The Morgan fingerprint density at radius 1 is 1.08 bits per heavy atom. The van der Waals surface area contributed by atoms with E-state index in [1.807, 2.05) is 0 Å². The summed E-state index contributed by atoms with van der Waals surface area (Å²) < 4.78 is 0. The smallest absolute Gasteiger partial charge is 0.220 e. The molecule has 0 radical (unpaired) electrons. The first-order valence-electron chi connectivity index (χ1n) is 10.1. The van der Waals surface area contributed by atoms with Crippen LogP contribution in [0.5, 0.6) is 0 Å². The van der Waals surface area contributed by atoms with E-state index in [4.69, 9.17) is 0 Å². The Balaban J connectivity index is 1.35. The molecule has 0 saturated carbocycles. The Hall–Kier alpha value is -1.43. The van der Waals surface area contributed by atoms with E-state index in [0.717, 1.165) is 57.5 Å². The van der Waals surface area contributed by atoms with Crippen molar-refractivity contribution in [1.82, 2.24) is 15.5 Å². The van der Waals surface area contributed by atoms with Crippen molar-refractivity contribution < 1.29 is 9.90 Å². The first-order chi connectivity index (χ1) is 12.7. The van der Waals surface area contributed by atoms with Gasteiger partial charge in [-0.05, 0) is 62.2 Å². The zero-order chi connectivity index (χ0) is 18.2. The average molecular weight is 360 g/mol. The van der Waals surface area contributed by atoms with Crippen LogP contribution in [0.15, 0.2) is 24.3 Å². The summed E-state index contributed by atoms with van der Waals surface area (Å²) >= 11 is 0. The molecule has 1 aromatic carbocycles. The summed E-state index contributed by atoms with van der Waals surface area (Å²) in [5.41, 5.74) is 2.44. The van der Waals surface area contributed by atoms with Gasteiger partial charge in [0, 0.05) is 32.6 Å². The third-order valence-corrected chi connectivity index (χ3v) is 5.71. The van der Waals surface area contributed by atoms with E-state index in [1.54, 1.807) is 0 Å². The second kappa shape index (κ2) is 10.0. The number of nitrogens with zero attached hydrogens (tertiary/aromatic N) is 1. The quantitative estimate of drug-likeness (QED) is 0.697. The second-order valence-electron chi connectivity index (χ2n) is 7.83. The highest BCUT2D eigenvalue weighted by molar-refractivity contribution is 5.75. The van der Waals surface area contributed by atoms with E-state index < -0.39 is 0 Å². The summed E-state index contributed by atoms with van der Waals surface area (Å²) in [4.78, 5) is 14.5. The number of amides is 1. The lowest BCUT2D eigenvalue weighted by Crippen LogP contribution is -2.35. The van der Waals surface area contributed by atoms with Gasteiger partial charge in [-0.2, -0.15) is 0 Å². The fourth-order valence-electron chi connectivity index (χ4n) is 3.89. The molecule has 0 atom stereocenters. The molecule has 1 amide bonds. The van der Waals surface area contributed by atoms with Crippen molar-refractivity contribution in [1.29, 1.82) is 0 Å². The Morgan fingerprint density at radius 2 is 1.73 bits per heavy atom. The molecule has 2 saturated heterocycles. The number of aliphatic hydroxyl groups is 1. The van der Waals surface area contributed by atoms with Gasteiger partial charge in [0.15, 0.2) is 0 Å². The fraction of sp³-hybridized carbons (Fsp3) is 0.667. The van der Waals surface area contributed by atoms with E-state index in [9.17, 15) is 9.90 Å². The lowest BCUT2D eigenvalue weighted by Gasteiger charge is -2.29. The molecule has 5 heteroatoms. The van der Waals surface area contributed by atoms with E-state index in [2.05, 4.69) is 39.8 Å². The van der Waals surface area contributed by atoms with Crippen LogP contribution in [0.2, 0.25) is 0 Å². The van der Waals surface area contributed by atoms with Crippen LogP contribution >= 0.6 is 0 Å². The van der Waals surface area contributed by atoms with Crippen molar-refractivity contribution in [3.63, 3.8) is 0 Å². The standard InChI is InChI=1S/C21H33N3O2/c25-20-9-13-24(14-10-20)16-19-3-1-18(2-4-19)15-23-21(26)6-5-17-7-11-22-12-8-17/h1-4,17,20,22,25H,5-16H2,(H,23,26). The number of likely N-dealkylation sites (tertiary alicyclic amines) is 1. The van der Waals surface area contributed by atoms with Crippen molar-refractivity contribution in [2.45, 2.75) is 57.7 Å². The number of carbonyl (C=O) groups is 1. The molecular formula is C21H33N3O2. The largest absolute Gasteiger partial charge is 0.393 e. The van der Waals surface area contributed by atoms with Gasteiger partial charge >= 0.3 is 0 Å². The Bertz CT molecular complexity index is 547. The number of rotatable bonds is 7. The van der Waals surface area contributed by atoms with E-state index in [0.29, 0.717) is 18.9 Å². The van der Waals surface area contributed by atoms with Gasteiger partial charge in [0.05, 0.1) is 6.10 Å². The first kappa shape index (κ1) is 19.3. The zero-order valence-electron chi connectivity index (χ0n) is 15.8. The predicted octanol–water partition coefficient (Wildman–Crippen LogP) is 2.04. The Kier molecular flexibility index (Phi) is 7.47.